The van der Waals surface area contributed by atoms with Gasteiger partial charge in [0.05, 0.1) is 6.54 Å². The van der Waals surface area contributed by atoms with Crippen LogP contribution in [0.1, 0.15) is 5.56 Å². The lowest BCUT2D eigenvalue weighted by Crippen LogP contribution is -2.35. The molecular weight excluding hydrogens is 208 g/mol. The van der Waals surface area contributed by atoms with E-state index in [4.69, 9.17) is 4.74 Å². The molecule has 1 heterocycles. The van der Waals surface area contributed by atoms with Crippen molar-refractivity contribution in [3.05, 3.63) is 35.9 Å². The van der Waals surface area contributed by atoms with Gasteiger partial charge in [0.15, 0.2) is 0 Å². The molecule has 1 saturated heterocycles. The van der Waals surface area contributed by atoms with Gasteiger partial charge in [-0.2, -0.15) is 0 Å². The lowest BCUT2D eigenvalue weighted by Gasteiger charge is -2.08. The van der Waals surface area contributed by atoms with E-state index >= 15 is 0 Å². The molecule has 0 unspecified atom stereocenters. The number of nitrogens with one attached hydrogen (secondary N) is 2. The van der Waals surface area contributed by atoms with Gasteiger partial charge < -0.3 is 15.4 Å². The first-order chi connectivity index (χ1) is 7.75. The first-order valence-electron chi connectivity index (χ1n) is 5.00. The molecule has 0 bridgehead atoms. The summed E-state index contributed by atoms with van der Waals surface area (Å²) in [5.74, 6) is -0.415. The van der Waals surface area contributed by atoms with E-state index in [0.717, 1.165) is 5.56 Å². The van der Waals surface area contributed by atoms with Crippen LogP contribution in [-0.2, 0) is 16.1 Å². The number of carbonyl (C=O) groups is 2. The zero-order chi connectivity index (χ0) is 11.4. The van der Waals surface area contributed by atoms with Crippen molar-refractivity contribution in [2.75, 3.05) is 6.54 Å². The van der Waals surface area contributed by atoms with Crippen molar-refractivity contribution in [1.82, 2.24) is 10.6 Å². The Morgan fingerprint density at radius 2 is 2.12 bits per heavy atom. The van der Waals surface area contributed by atoms with Crippen LogP contribution in [0.3, 0.4) is 0 Å². The second-order valence-electron chi connectivity index (χ2n) is 3.50. The van der Waals surface area contributed by atoms with E-state index in [-0.39, 0.29) is 19.2 Å². The highest BCUT2D eigenvalue weighted by atomic mass is 16.5. The van der Waals surface area contributed by atoms with Crippen LogP contribution in [0.4, 0.5) is 4.79 Å². The Balaban J connectivity index is 1.82. The van der Waals surface area contributed by atoms with E-state index in [9.17, 15) is 9.59 Å². The third-order valence-corrected chi connectivity index (χ3v) is 2.28. The highest BCUT2D eigenvalue weighted by molar-refractivity contribution is 5.87. The molecule has 5 heteroatoms. The van der Waals surface area contributed by atoms with Crippen molar-refractivity contribution in [2.45, 2.75) is 12.6 Å². The van der Waals surface area contributed by atoms with E-state index < -0.39 is 12.0 Å². The molecule has 2 rings (SSSR count). The Morgan fingerprint density at radius 1 is 1.38 bits per heavy atom. The molecule has 0 aromatic heterocycles. The van der Waals surface area contributed by atoms with Gasteiger partial charge in [-0.15, -0.1) is 0 Å². The normalized spacial score (nSPS) is 18.8. The first kappa shape index (κ1) is 10.5. The molecule has 84 valence electrons. The molecule has 0 aliphatic carbocycles. The Kier molecular flexibility index (Phi) is 3.05. The molecule has 1 aliphatic heterocycles. The summed E-state index contributed by atoms with van der Waals surface area (Å²) in [6, 6.07) is 8.49. The quantitative estimate of drug-likeness (QED) is 0.725. The lowest BCUT2D eigenvalue weighted by atomic mass is 10.2. The van der Waals surface area contributed by atoms with Crippen LogP contribution >= 0.6 is 0 Å². The van der Waals surface area contributed by atoms with Crippen LogP contribution in [-0.4, -0.2) is 24.6 Å². The van der Waals surface area contributed by atoms with Crippen LogP contribution in [0, 0.1) is 0 Å². The summed E-state index contributed by atoms with van der Waals surface area (Å²) in [5.41, 5.74) is 0.924. The second kappa shape index (κ2) is 4.65. The summed E-state index contributed by atoms with van der Waals surface area (Å²) in [6.07, 6.45) is 0. The number of carbonyl (C=O) groups excluding carboxylic acids is 2. The molecule has 2 N–H and O–H groups in total. The van der Waals surface area contributed by atoms with Crippen molar-refractivity contribution in [3.8, 4) is 0 Å². The predicted octanol–water partition coefficient (Wildman–Crippen LogP) is 0.411. The highest BCUT2D eigenvalue weighted by Gasteiger charge is 2.27. The van der Waals surface area contributed by atoms with Crippen molar-refractivity contribution < 1.29 is 14.3 Å². The number of esters is 1. The predicted molar refractivity (Wildman–Crippen MR) is 56.6 cm³/mol. The molecule has 1 fully saturated rings. The SMILES string of the molecule is O=C1NC[C@H](C(=O)OCc2ccccc2)N1. The Labute approximate surface area is 92.8 Å². The lowest BCUT2D eigenvalue weighted by molar-refractivity contribution is -0.146. The zero-order valence-electron chi connectivity index (χ0n) is 8.60. The molecule has 1 atom stereocenters. The Bertz CT molecular complexity index is 391. The van der Waals surface area contributed by atoms with Crippen LogP contribution in [0.5, 0.6) is 0 Å². The monoisotopic (exact) mass is 220 g/mol. The summed E-state index contributed by atoms with van der Waals surface area (Å²) in [5, 5.41) is 4.96. The number of amides is 2. The number of benzene rings is 1. The summed E-state index contributed by atoms with van der Waals surface area (Å²) >= 11 is 0. The minimum absolute atomic E-state index is 0.228. The maximum atomic E-state index is 11.5. The van der Waals surface area contributed by atoms with Crippen LogP contribution in [0.2, 0.25) is 0 Å². The Morgan fingerprint density at radius 3 is 2.75 bits per heavy atom. The molecule has 0 spiro atoms. The van der Waals surface area contributed by atoms with Crippen LogP contribution in [0.25, 0.3) is 0 Å². The maximum absolute atomic E-state index is 11.5. The fourth-order valence-corrected chi connectivity index (χ4v) is 1.43. The number of rotatable bonds is 3. The molecule has 1 aromatic rings. The van der Waals surface area contributed by atoms with Crippen molar-refractivity contribution in [3.63, 3.8) is 0 Å². The second-order valence-corrected chi connectivity index (χ2v) is 3.50. The van der Waals surface area contributed by atoms with Crippen LogP contribution < -0.4 is 10.6 Å². The van der Waals surface area contributed by atoms with Crippen LogP contribution in [0.15, 0.2) is 30.3 Å². The third kappa shape index (κ3) is 2.50. The van der Waals surface area contributed by atoms with Gasteiger partial charge in [0.25, 0.3) is 0 Å². The van der Waals surface area contributed by atoms with Crippen molar-refractivity contribution in [2.24, 2.45) is 0 Å². The third-order valence-electron chi connectivity index (χ3n) is 2.28. The zero-order valence-corrected chi connectivity index (χ0v) is 8.60. The van der Waals surface area contributed by atoms with Gasteiger partial charge in [-0.3, -0.25) is 0 Å². The molecule has 1 aromatic carbocycles. The van der Waals surface area contributed by atoms with Gasteiger partial charge in [-0.1, -0.05) is 30.3 Å². The molecule has 1 aliphatic rings. The summed E-state index contributed by atoms with van der Waals surface area (Å²) in [6.45, 7) is 0.512. The fourth-order valence-electron chi connectivity index (χ4n) is 1.43. The molecular formula is C11H12N2O3. The largest absolute Gasteiger partial charge is 0.459 e. The minimum atomic E-state index is -0.573. The highest BCUT2D eigenvalue weighted by Crippen LogP contribution is 2.02. The maximum Gasteiger partial charge on any atom is 0.330 e. The summed E-state index contributed by atoms with van der Waals surface area (Å²) < 4.78 is 5.07. The molecule has 2 amide bonds. The number of urea groups is 1. The average Bonchev–Trinajstić information content (AvgIpc) is 2.74. The molecule has 16 heavy (non-hydrogen) atoms. The van der Waals surface area contributed by atoms with Crippen molar-refractivity contribution in [1.29, 1.82) is 0 Å². The standard InChI is InChI=1S/C11H12N2O3/c14-10(9-6-12-11(15)13-9)16-7-8-4-2-1-3-5-8/h1-5,9H,6-7H2,(H2,12,13,15)/t9-/m1/s1. The van der Waals surface area contributed by atoms with E-state index in [0.29, 0.717) is 0 Å². The topological polar surface area (TPSA) is 67.4 Å². The van der Waals surface area contributed by atoms with Gasteiger partial charge in [0.1, 0.15) is 12.6 Å². The average molecular weight is 220 g/mol. The van der Waals surface area contributed by atoms with E-state index in [1.807, 2.05) is 30.3 Å². The minimum Gasteiger partial charge on any atom is -0.459 e. The first-order valence-corrected chi connectivity index (χ1v) is 5.00. The summed E-state index contributed by atoms with van der Waals surface area (Å²) in [4.78, 5) is 22.3. The van der Waals surface area contributed by atoms with E-state index in [1.54, 1.807) is 0 Å². The van der Waals surface area contributed by atoms with E-state index in [1.165, 1.54) is 0 Å². The summed E-state index contributed by atoms with van der Waals surface area (Å²) in [7, 11) is 0. The smallest absolute Gasteiger partial charge is 0.330 e. The Hall–Kier alpha value is -2.04. The number of hydrogen-bond acceptors (Lipinski definition) is 3. The van der Waals surface area contributed by atoms with Gasteiger partial charge in [0, 0.05) is 0 Å². The van der Waals surface area contributed by atoms with E-state index in [2.05, 4.69) is 10.6 Å². The van der Waals surface area contributed by atoms with Gasteiger partial charge in [-0.05, 0) is 5.56 Å². The number of hydrogen-bond donors (Lipinski definition) is 2. The van der Waals surface area contributed by atoms with Gasteiger partial charge >= 0.3 is 12.0 Å². The molecule has 0 saturated carbocycles. The molecule has 5 nitrogen and oxygen atoms in total. The number of ether oxygens (including phenoxy) is 1. The molecule has 0 radical (unpaired) electrons. The van der Waals surface area contributed by atoms with Crippen molar-refractivity contribution >= 4 is 12.0 Å². The van der Waals surface area contributed by atoms with Gasteiger partial charge in [0.2, 0.25) is 0 Å². The fraction of sp³-hybridized carbons (Fsp3) is 0.273. The van der Waals surface area contributed by atoms with Gasteiger partial charge in [-0.25, -0.2) is 9.59 Å².